The highest BCUT2D eigenvalue weighted by Gasteiger charge is 2.33. The molecule has 1 aliphatic heterocycles. The number of nitrogens with zero attached hydrogens (tertiary/aromatic N) is 2. The summed E-state index contributed by atoms with van der Waals surface area (Å²) in [6.07, 6.45) is 0.859. The molecule has 190 valence electrons. The maximum atomic E-state index is 13.2. The van der Waals surface area contributed by atoms with Gasteiger partial charge in [0.15, 0.2) is 0 Å². The fourth-order valence-electron chi connectivity index (χ4n) is 4.25. The zero-order valence-electron chi connectivity index (χ0n) is 19.6. The number of aromatic nitrogens is 1. The molecule has 1 aromatic heterocycles. The second kappa shape index (κ2) is 10.7. The molecule has 5 rings (SSSR count). The number of hydrogen-bond acceptors (Lipinski definition) is 5. The second-order valence-electron chi connectivity index (χ2n) is 8.72. The number of sulfonamides is 1. The van der Waals surface area contributed by atoms with E-state index in [4.69, 9.17) is 11.6 Å². The summed E-state index contributed by atoms with van der Waals surface area (Å²) < 4.78 is 40.5. The first-order valence-electron chi connectivity index (χ1n) is 11.7. The van der Waals surface area contributed by atoms with Gasteiger partial charge in [0.1, 0.15) is 15.7 Å². The molecule has 1 fully saturated rings. The van der Waals surface area contributed by atoms with E-state index in [9.17, 15) is 17.6 Å². The van der Waals surface area contributed by atoms with Crippen molar-refractivity contribution in [2.24, 2.45) is 5.92 Å². The van der Waals surface area contributed by atoms with Crippen molar-refractivity contribution in [1.82, 2.24) is 9.29 Å². The molecule has 4 aromatic rings. The van der Waals surface area contributed by atoms with Crippen LogP contribution in [-0.4, -0.2) is 36.7 Å². The van der Waals surface area contributed by atoms with Gasteiger partial charge in [-0.25, -0.2) is 17.8 Å². The number of anilines is 1. The summed E-state index contributed by atoms with van der Waals surface area (Å²) in [5.74, 6) is -0.700. The van der Waals surface area contributed by atoms with E-state index in [-0.39, 0.29) is 40.6 Å². The van der Waals surface area contributed by atoms with Crippen LogP contribution >= 0.6 is 22.9 Å². The number of amides is 1. The third-order valence-electron chi connectivity index (χ3n) is 6.32. The molecule has 1 aliphatic rings. The maximum Gasteiger partial charge on any atom is 0.244 e. The van der Waals surface area contributed by atoms with Crippen LogP contribution < -0.4 is 5.32 Å². The molecular formula is C27H23ClFN3O3S2. The third-order valence-corrected chi connectivity index (χ3v) is 9.61. The molecule has 3 aromatic carbocycles. The highest BCUT2D eigenvalue weighted by molar-refractivity contribution is 7.89. The van der Waals surface area contributed by atoms with Crippen LogP contribution in [0.25, 0.3) is 21.8 Å². The first-order chi connectivity index (χ1) is 17.8. The van der Waals surface area contributed by atoms with Crippen LogP contribution in [0, 0.1) is 11.7 Å². The Hall–Kier alpha value is -3.11. The Morgan fingerprint density at radius 2 is 1.62 bits per heavy atom. The normalized spacial score (nSPS) is 15.0. The molecule has 0 aliphatic carbocycles. The van der Waals surface area contributed by atoms with Crippen molar-refractivity contribution >= 4 is 44.6 Å². The molecular weight excluding hydrogens is 533 g/mol. The minimum absolute atomic E-state index is 0.0877. The molecule has 37 heavy (non-hydrogen) atoms. The monoisotopic (exact) mass is 555 g/mol. The van der Waals surface area contributed by atoms with Crippen molar-refractivity contribution in [3.8, 4) is 21.8 Å². The zero-order chi connectivity index (χ0) is 26.0. The zero-order valence-corrected chi connectivity index (χ0v) is 22.0. The van der Waals surface area contributed by atoms with E-state index < -0.39 is 10.0 Å². The van der Waals surface area contributed by atoms with Crippen LogP contribution in [0.2, 0.25) is 5.02 Å². The van der Waals surface area contributed by atoms with Crippen molar-refractivity contribution in [3.63, 3.8) is 0 Å². The van der Waals surface area contributed by atoms with Crippen LogP contribution in [-0.2, 0) is 14.8 Å². The predicted molar refractivity (Wildman–Crippen MR) is 145 cm³/mol. The third kappa shape index (κ3) is 5.60. The van der Waals surface area contributed by atoms with E-state index >= 15 is 0 Å². The molecule has 1 amide bonds. The van der Waals surface area contributed by atoms with Crippen molar-refractivity contribution in [1.29, 1.82) is 0 Å². The highest BCUT2D eigenvalue weighted by atomic mass is 35.5. The Labute approximate surface area is 223 Å². The van der Waals surface area contributed by atoms with E-state index in [0.717, 1.165) is 21.8 Å². The van der Waals surface area contributed by atoms with Gasteiger partial charge >= 0.3 is 0 Å². The quantitative estimate of drug-likeness (QED) is 0.302. The number of carbonyl (C=O) groups is 1. The average molecular weight is 556 g/mol. The molecule has 2 heterocycles. The molecule has 10 heteroatoms. The van der Waals surface area contributed by atoms with E-state index in [0.29, 0.717) is 18.5 Å². The summed E-state index contributed by atoms with van der Waals surface area (Å²) in [6.45, 7) is 0.510. The van der Waals surface area contributed by atoms with Gasteiger partial charge in [0.25, 0.3) is 0 Å². The van der Waals surface area contributed by atoms with Crippen molar-refractivity contribution in [3.05, 3.63) is 89.0 Å². The van der Waals surface area contributed by atoms with Gasteiger partial charge in [-0.1, -0.05) is 23.7 Å². The van der Waals surface area contributed by atoms with Gasteiger partial charge in [-0.15, -0.1) is 11.3 Å². The number of nitrogens with one attached hydrogen (secondary N) is 1. The summed E-state index contributed by atoms with van der Waals surface area (Å²) in [5.41, 5.74) is 3.20. The molecule has 1 saturated heterocycles. The fraction of sp³-hybridized carbons (Fsp3) is 0.185. The summed E-state index contributed by atoms with van der Waals surface area (Å²) in [6, 6.07) is 20.0. The van der Waals surface area contributed by atoms with Crippen LogP contribution in [0.4, 0.5) is 10.1 Å². The predicted octanol–water partition coefficient (Wildman–Crippen LogP) is 6.31. The Bertz CT molecular complexity index is 1520. The number of carbonyl (C=O) groups excluding carboxylic acids is 1. The van der Waals surface area contributed by atoms with Gasteiger partial charge < -0.3 is 5.32 Å². The summed E-state index contributed by atoms with van der Waals surface area (Å²) in [7, 11) is -3.70. The molecule has 6 nitrogen and oxygen atoms in total. The van der Waals surface area contributed by atoms with Gasteiger partial charge in [0.05, 0.1) is 10.7 Å². The smallest absolute Gasteiger partial charge is 0.244 e. The summed E-state index contributed by atoms with van der Waals surface area (Å²) in [5, 5.41) is 5.88. The van der Waals surface area contributed by atoms with Crippen molar-refractivity contribution in [2.75, 3.05) is 18.4 Å². The number of halogens is 2. The number of piperidine rings is 1. The lowest BCUT2D eigenvalue weighted by molar-refractivity contribution is -0.120. The molecule has 0 atom stereocenters. The Morgan fingerprint density at radius 3 is 2.30 bits per heavy atom. The van der Waals surface area contributed by atoms with E-state index in [1.54, 1.807) is 30.3 Å². The first-order valence-corrected chi connectivity index (χ1v) is 14.4. The minimum atomic E-state index is -3.70. The van der Waals surface area contributed by atoms with Gasteiger partial charge in [0, 0.05) is 41.2 Å². The Morgan fingerprint density at radius 1 is 0.973 bits per heavy atom. The van der Waals surface area contributed by atoms with Gasteiger partial charge in [0.2, 0.25) is 15.9 Å². The van der Waals surface area contributed by atoms with E-state index in [2.05, 4.69) is 10.3 Å². The lowest BCUT2D eigenvalue weighted by Crippen LogP contribution is -2.41. The molecule has 0 radical (unpaired) electrons. The molecule has 0 saturated carbocycles. The number of hydrogen-bond donors (Lipinski definition) is 1. The largest absolute Gasteiger partial charge is 0.326 e. The molecule has 0 spiro atoms. The maximum absolute atomic E-state index is 13.2. The van der Waals surface area contributed by atoms with Crippen LogP contribution in [0.1, 0.15) is 12.8 Å². The van der Waals surface area contributed by atoms with Crippen molar-refractivity contribution < 1.29 is 17.6 Å². The number of benzene rings is 3. The number of rotatable bonds is 6. The SMILES string of the molecule is O=C(Nc1ccc(-c2nc(-c3ccc(F)cc3)cs2)cc1)C1CCN(S(=O)(=O)c2ccccc2Cl)CC1. The topological polar surface area (TPSA) is 79.4 Å². The first kappa shape index (κ1) is 25.5. The molecule has 0 bridgehead atoms. The van der Waals surface area contributed by atoms with Crippen LogP contribution in [0.3, 0.4) is 0 Å². The lowest BCUT2D eigenvalue weighted by atomic mass is 9.97. The standard InChI is InChI=1S/C27H23ClFN3O3S2/c28-23-3-1-2-4-25(23)37(34,35)32-15-13-19(14-16-32)26(33)30-22-11-7-20(8-12-22)27-31-24(17-36-27)18-5-9-21(29)10-6-18/h1-12,17,19H,13-16H2,(H,30,33). The van der Waals surface area contributed by atoms with Crippen molar-refractivity contribution in [2.45, 2.75) is 17.7 Å². The van der Waals surface area contributed by atoms with Gasteiger partial charge in [-0.05, 0) is 73.5 Å². The summed E-state index contributed by atoms with van der Waals surface area (Å²) >= 11 is 7.59. The van der Waals surface area contributed by atoms with E-state index in [1.807, 2.05) is 29.6 Å². The fourth-order valence-corrected chi connectivity index (χ4v) is 7.05. The van der Waals surface area contributed by atoms with Gasteiger partial charge in [-0.3, -0.25) is 4.79 Å². The minimum Gasteiger partial charge on any atom is -0.326 e. The van der Waals surface area contributed by atoms with E-state index in [1.165, 1.54) is 33.8 Å². The molecule has 1 N–H and O–H groups in total. The van der Waals surface area contributed by atoms with Crippen LogP contribution in [0.15, 0.2) is 83.1 Å². The second-order valence-corrected chi connectivity index (χ2v) is 11.9. The van der Waals surface area contributed by atoms with Gasteiger partial charge in [-0.2, -0.15) is 4.31 Å². The summed E-state index contributed by atoms with van der Waals surface area (Å²) in [4.78, 5) is 17.6. The molecule has 0 unspecified atom stereocenters. The Kier molecular flexibility index (Phi) is 7.39. The highest BCUT2D eigenvalue weighted by Crippen LogP contribution is 2.31. The number of thiazole rings is 1. The van der Waals surface area contributed by atoms with Crippen LogP contribution in [0.5, 0.6) is 0 Å². The average Bonchev–Trinajstić information content (AvgIpc) is 3.40. The Balaban J connectivity index is 1.18. The lowest BCUT2D eigenvalue weighted by Gasteiger charge is -2.30.